The van der Waals surface area contributed by atoms with Crippen molar-refractivity contribution in [3.05, 3.63) is 35.1 Å². The van der Waals surface area contributed by atoms with Crippen LogP contribution in [0.25, 0.3) is 0 Å². The Morgan fingerprint density at radius 3 is 2.25 bits per heavy atom. The number of nitrogens with two attached hydrogens (primary N) is 2. The summed E-state index contributed by atoms with van der Waals surface area (Å²) in [6.45, 7) is -0.246. The van der Waals surface area contributed by atoms with Crippen LogP contribution in [0, 0.1) is 5.82 Å². The summed E-state index contributed by atoms with van der Waals surface area (Å²) in [4.78, 5) is 0. The number of benzene rings is 1. The number of halogens is 5. The van der Waals surface area contributed by atoms with Crippen LogP contribution in [0.15, 0.2) is 18.2 Å². The van der Waals surface area contributed by atoms with Gasteiger partial charge in [-0.3, -0.25) is 0 Å². The predicted molar refractivity (Wildman–Crippen MR) is 54.6 cm³/mol. The van der Waals surface area contributed by atoms with E-state index in [0.29, 0.717) is 0 Å². The molecule has 0 aromatic heterocycles. The molecule has 0 saturated heterocycles. The third-order valence-electron chi connectivity index (χ3n) is 1.98. The van der Waals surface area contributed by atoms with Crippen LogP contribution in [-0.2, 0) is 6.18 Å². The van der Waals surface area contributed by atoms with E-state index in [4.69, 9.17) is 11.5 Å². The van der Waals surface area contributed by atoms with Crippen LogP contribution in [0.2, 0.25) is 0 Å². The molecule has 2 nitrogen and oxygen atoms in total. The molecule has 0 aliphatic rings. The highest BCUT2D eigenvalue weighted by Gasteiger charge is 2.35. The number of hydrogen-bond acceptors (Lipinski definition) is 2. The molecule has 16 heavy (non-hydrogen) atoms. The fourth-order valence-electron chi connectivity index (χ4n) is 1.28. The zero-order chi connectivity index (χ0) is 11.6. The fourth-order valence-corrected chi connectivity index (χ4v) is 1.28. The second-order valence-electron chi connectivity index (χ2n) is 3.04. The second kappa shape index (κ2) is 5.47. The van der Waals surface area contributed by atoms with Crippen LogP contribution in [0.1, 0.15) is 17.2 Å². The second-order valence-corrected chi connectivity index (χ2v) is 3.04. The third kappa shape index (κ3) is 3.07. The molecule has 92 valence electrons. The molecule has 1 atom stereocenters. The van der Waals surface area contributed by atoms with Crippen molar-refractivity contribution < 1.29 is 17.6 Å². The molecule has 0 fully saturated rings. The van der Waals surface area contributed by atoms with Crippen molar-refractivity contribution in [3.8, 4) is 0 Å². The van der Waals surface area contributed by atoms with Crippen molar-refractivity contribution >= 4 is 12.4 Å². The van der Waals surface area contributed by atoms with Crippen LogP contribution < -0.4 is 11.5 Å². The van der Waals surface area contributed by atoms with Gasteiger partial charge in [-0.25, -0.2) is 4.39 Å². The first-order chi connectivity index (χ1) is 6.88. The van der Waals surface area contributed by atoms with E-state index in [1.807, 2.05) is 0 Å². The van der Waals surface area contributed by atoms with E-state index >= 15 is 0 Å². The van der Waals surface area contributed by atoms with Gasteiger partial charge in [-0.1, -0.05) is 6.07 Å². The van der Waals surface area contributed by atoms with Crippen LogP contribution in [0.4, 0.5) is 17.6 Å². The topological polar surface area (TPSA) is 52.0 Å². The normalized spacial score (nSPS) is 13.1. The molecular formula is C9H11ClF4N2. The van der Waals surface area contributed by atoms with E-state index in [2.05, 4.69) is 0 Å². The largest absolute Gasteiger partial charge is 0.416 e. The molecule has 0 unspecified atom stereocenters. The standard InChI is InChI=1S/C9H10F4N2.ClH/c10-6-3-1-2-5(9(11,12)13)8(6)7(15)4-14;/h1-3,7H,4,14-15H2;1H/t7-;/m1./s1. The number of rotatable bonds is 2. The van der Waals surface area contributed by atoms with Crippen LogP contribution >= 0.6 is 12.4 Å². The Labute approximate surface area is 96.0 Å². The number of hydrogen-bond donors (Lipinski definition) is 2. The summed E-state index contributed by atoms with van der Waals surface area (Å²) < 4.78 is 50.6. The molecule has 7 heteroatoms. The van der Waals surface area contributed by atoms with Crippen molar-refractivity contribution in [2.45, 2.75) is 12.2 Å². The Kier molecular flexibility index (Phi) is 5.18. The number of alkyl halides is 3. The predicted octanol–water partition coefficient (Wildman–Crippen LogP) is 2.22. The quantitative estimate of drug-likeness (QED) is 0.799. The zero-order valence-electron chi connectivity index (χ0n) is 8.09. The van der Waals surface area contributed by atoms with Crippen LogP contribution in [0.5, 0.6) is 0 Å². The van der Waals surface area contributed by atoms with Gasteiger partial charge in [0.25, 0.3) is 0 Å². The van der Waals surface area contributed by atoms with E-state index < -0.39 is 29.2 Å². The minimum atomic E-state index is -4.62. The van der Waals surface area contributed by atoms with Gasteiger partial charge in [0, 0.05) is 18.2 Å². The minimum Gasteiger partial charge on any atom is -0.329 e. The monoisotopic (exact) mass is 258 g/mol. The van der Waals surface area contributed by atoms with E-state index in [1.165, 1.54) is 0 Å². The molecule has 4 N–H and O–H groups in total. The summed E-state index contributed by atoms with van der Waals surface area (Å²) in [6.07, 6.45) is -4.62. The molecule has 1 aromatic carbocycles. The molecule has 0 bridgehead atoms. The highest BCUT2D eigenvalue weighted by Crippen LogP contribution is 2.34. The van der Waals surface area contributed by atoms with Gasteiger partial charge < -0.3 is 11.5 Å². The molecule has 0 amide bonds. The fraction of sp³-hybridized carbons (Fsp3) is 0.333. The van der Waals surface area contributed by atoms with Crippen molar-refractivity contribution in [2.75, 3.05) is 6.54 Å². The summed E-state index contributed by atoms with van der Waals surface area (Å²) >= 11 is 0. The Hall–Kier alpha value is -0.850. The van der Waals surface area contributed by atoms with Gasteiger partial charge >= 0.3 is 6.18 Å². The average molecular weight is 259 g/mol. The van der Waals surface area contributed by atoms with Crippen molar-refractivity contribution in [1.82, 2.24) is 0 Å². The molecule has 0 saturated carbocycles. The highest BCUT2D eigenvalue weighted by atomic mass is 35.5. The molecule has 0 aliphatic heterocycles. The summed E-state index contributed by atoms with van der Waals surface area (Å²) in [5.41, 5.74) is 8.81. The van der Waals surface area contributed by atoms with Gasteiger partial charge in [0.15, 0.2) is 0 Å². The highest BCUT2D eigenvalue weighted by molar-refractivity contribution is 5.85. The lowest BCUT2D eigenvalue weighted by atomic mass is 10.00. The molecule has 0 radical (unpaired) electrons. The van der Waals surface area contributed by atoms with Crippen molar-refractivity contribution in [1.29, 1.82) is 0 Å². The Morgan fingerprint density at radius 2 is 1.81 bits per heavy atom. The van der Waals surface area contributed by atoms with Gasteiger partial charge in [-0.15, -0.1) is 12.4 Å². The Morgan fingerprint density at radius 1 is 1.25 bits per heavy atom. The lowest BCUT2D eigenvalue weighted by molar-refractivity contribution is -0.138. The summed E-state index contributed by atoms with van der Waals surface area (Å²) in [5.74, 6) is -0.984. The smallest absolute Gasteiger partial charge is 0.329 e. The Balaban J connectivity index is 0.00000225. The van der Waals surface area contributed by atoms with E-state index in [1.54, 1.807) is 0 Å². The maximum absolute atomic E-state index is 13.2. The van der Waals surface area contributed by atoms with Crippen LogP contribution in [-0.4, -0.2) is 6.54 Å². The molecule has 0 aliphatic carbocycles. The van der Waals surface area contributed by atoms with E-state index in [-0.39, 0.29) is 19.0 Å². The summed E-state index contributed by atoms with van der Waals surface area (Å²) in [6, 6.07) is 1.56. The first-order valence-electron chi connectivity index (χ1n) is 4.19. The molecule has 1 rings (SSSR count). The lowest BCUT2D eigenvalue weighted by Crippen LogP contribution is -2.25. The van der Waals surface area contributed by atoms with Crippen molar-refractivity contribution in [3.63, 3.8) is 0 Å². The lowest BCUT2D eigenvalue weighted by Gasteiger charge is -2.17. The van der Waals surface area contributed by atoms with Gasteiger partial charge in [-0.05, 0) is 12.1 Å². The van der Waals surface area contributed by atoms with Gasteiger partial charge in [0.1, 0.15) is 5.82 Å². The maximum Gasteiger partial charge on any atom is 0.416 e. The van der Waals surface area contributed by atoms with Crippen molar-refractivity contribution in [2.24, 2.45) is 11.5 Å². The maximum atomic E-state index is 13.2. The first-order valence-corrected chi connectivity index (χ1v) is 4.19. The van der Waals surface area contributed by atoms with Gasteiger partial charge in [0.2, 0.25) is 0 Å². The molecule has 0 spiro atoms. The zero-order valence-corrected chi connectivity index (χ0v) is 8.91. The third-order valence-corrected chi connectivity index (χ3v) is 1.98. The van der Waals surface area contributed by atoms with Gasteiger partial charge in [-0.2, -0.15) is 13.2 Å². The minimum absolute atomic E-state index is 0. The SMILES string of the molecule is Cl.NC[C@@H](N)c1c(F)cccc1C(F)(F)F. The molecule has 1 aromatic rings. The van der Waals surface area contributed by atoms with E-state index in [9.17, 15) is 17.6 Å². The van der Waals surface area contributed by atoms with E-state index in [0.717, 1.165) is 18.2 Å². The first kappa shape index (κ1) is 15.2. The Bertz CT molecular complexity index is 354. The van der Waals surface area contributed by atoms with Crippen LogP contribution in [0.3, 0.4) is 0 Å². The summed E-state index contributed by atoms with van der Waals surface area (Å²) in [7, 11) is 0. The van der Waals surface area contributed by atoms with Gasteiger partial charge in [0.05, 0.1) is 5.56 Å². The molecule has 0 heterocycles. The summed E-state index contributed by atoms with van der Waals surface area (Å²) in [5, 5.41) is 0. The molecular weight excluding hydrogens is 248 g/mol. The average Bonchev–Trinajstić information content (AvgIpc) is 2.15.